The molecule has 1 rings (SSSR count). The molecule has 0 unspecified atom stereocenters. The number of nitrogen functional groups attached to an aromatic ring is 1. The van der Waals surface area contributed by atoms with Gasteiger partial charge in [-0.1, -0.05) is 19.9 Å². The number of carbonyl (C=O) groups is 1. The lowest BCUT2D eigenvalue weighted by atomic mass is 10.1. The number of rotatable bonds is 6. The number of anilines is 1. The van der Waals surface area contributed by atoms with Crippen molar-refractivity contribution in [3.63, 3.8) is 0 Å². The molecule has 1 aromatic rings. The molecule has 4 nitrogen and oxygen atoms in total. The second-order valence-electron chi connectivity index (χ2n) is 4.86. The van der Waals surface area contributed by atoms with Crippen molar-refractivity contribution in [1.29, 1.82) is 0 Å². The van der Waals surface area contributed by atoms with E-state index in [1.807, 2.05) is 0 Å². The molecule has 0 radical (unpaired) electrons. The molecule has 4 heteroatoms. The van der Waals surface area contributed by atoms with Crippen molar-refractivity contribution >= 4 is 11.6 Å². The average Bonchev–Trinajstić information content (AvgIpc) is 2.33. The summed E-state index contributed by atoms with van der Waals surface area (Å²) < 4.78 is 5.41. The van der Waals surface area contributed by atoms with Crippen molar-refractivity contribution in [3.8, 4) is 5.75 Å². The normalized spacial score (nSPS) is 10.4. The molecule has 1 aromatic carbocycles. The Labute approximate surface area is 109 Å². The molecule has 0 aliphatic carbocycles. The molecule has 1 amide bonds. The summed E-state index contributed by atoms with van der Waals surface area (Å²) in [6, 6.07) is 7.08. The van der Waals surface area contributed by atoms with E-state index in [-0.39, 0.29) is 12.5 Å². The Kier molecular flexibility index (Phi) is 5.49. The van der Waals surface area contributed by atoms with Crippen LogP contribution < -0.4 is 10.5 Å². The number of hydrogen-bond donors (Lipinski definition) is 1. The molecule has 0 fully saturated rings. The molecular formula is C14H22N2O2. The molecule has 0 atom stereocenters. The van der Waals surface area contributed by atoms with E-state index in [4.69, 9.17) is 10.5 Å². The second kappa shape index (κ2) is 6.89. The van der Waals surface area contributed by atoms with Gasteiger partial charge in [0.1, 0.15) is 5.75 Å². The number of amides is 1. The smallest absolute Gasteiger partial charge is 0.260 e. The van der Waals surface area contributed by atoms with Gasteiger partial charge in [-0.05, 0) is 24.5 Å². The Bertz CT molecular complexity index is 391. The number of nitrogens with two attached hydrogens (primary N) is 1. The molecule has 0 bridgehead atoms. The van der Waals surface area contributed by atoms with Crippen LogP contribution in [0.5, 0.6) is 5.75 Å². The van der Waals surface area contributed by atoms with Gasteiger partial charge in [0.25, 0.3) is 5.91 Å². The number of hydrogen-bond acceptors (Lipinski definition) is 3. The van der Waals surface area contributed by atoms with Crippen LogP contribution in [0.25, 0.3) is 0 Å². The van der Waals surface area contributed by atoms with Crippen LogP contribution >= 0.6 is 0 Å². The Morgan fingerprint density at radius 3 is 2.78 bits per heavy atom. The zero-order chi connectivity index (χ0) is 13.5. The molecule has 18 heavy (non-hydrogen) atoms. The summed E-state index contributed by atoms with van der Waals surface area (Å²) in [5.74, 6) is 1.20. The molecular weight excluding hydrogens is 228 g/mol. The van der Waals surface area contributed by atoms with E-state index in [1.54, 1.807) is 36.2 Å². The zero-order valence-corrected chi connectivity index (χ0v) is 11.3. The maximum absolute atomic E-state index is 11.8. The summed E-state index contributed by atoms with van der Waals surface area (Å²) in [4.78, 5) is 13.5. The first-order chi connectivity index (χ1) is 8.49. The molecule has 0 aliphatic rings. The zero-order valence-electron chi connectivity index (χ0n) is 11.3. The van der Waals surface area contributed by atoms with Gasteiger partial charge in [-0.3, -0.25) is 4.79 Å². The first kappa shape index (κ1) is 14.4. The number of ether oxygens (including phenoxy) is 1. The number of benzene rings is 1. The second-order valence-corrected chi connectivity index (χ2v) is 4.86. The predicted molar refractivity (Wildman–Crippen MR) is 73.4 cm³/mol. The number of carbonyl (C=O) groups excluding carboxylic acids is 1. The Morgan fingerprint density at radius 1 is 1.44 bits per heavy atom. The molecule has 0 heterocycles. The molecule has 100 valence electrons. The highest BCUT2D eigenvalue weighted by Crippen LogP contribution is 2.14. The Morgan fingerprint density at radius 2 is 2.17 bits per heavy atom. The van der Waals surface area contributed by atoms with Crippen molar-refractivity contribution in [2.75, 3.05) is 25.9 Å². The lowest BCUT2D eigenvalue weighted by Crippen LogP contribution is -2.32. The number of likely N-dealkylation sites (N-methyl/N-ethyl adjacent to an activating group) is 1. The minimum absolute atomic E-state index is 0.0157. The van der Waals surface area contributed by atoms with E-state index in [1.165, 1.54) is 0 Å². The van der Waals surface area contributed by atoms with Gasteiger partial charge >= 0.3 is 0 Å². The van der Waals surface area contributed by atoms with Crippen LogP contribution in [0.4, 0.5) is 5.69 Å². The van der Waals surface area contributed by atoms with Crippen LogP contribution in [0, 0.1) is 5.92 Å². The monoisotopic (exact) mass is 250 g/mol. The fourth-order valence-electron chi connectivity index (χ4n) is 1.44. The largest absolute Gasteiger partial charge is 0.484 e. The topological polar surface area (TPSA) is 55.6 Å². The van der Waals surface area contributed by atoms with E-state index >= 15 is 0 Å². The van der Waals surface area contributed by atoms with Gasteiger partial charge in [0.15, 0.2) is 6.61 Å². The van der Waals surface area contributed by atoms with Gasteiger partial charge in [-0.25, -0.2) is 0 Å². The summed E-state index contributed by atoms with van der Waals surface area (Å²) in [7, 11) is 1.80. The minimum Gasteiger partial charge on any atom is -0.484 e. The van der Waals surface area contributed by atoms with Gasteiger partial charge in [0.2, 0.25) is 0 Å². The summed E-state index contributed by atoms with van der Waals surface area (Å²) in [5.41, 5.74) is 6.26. The summed E-state index contributed by atoms with van der Waals surface area (Å²) in [6.07, 6.45) is 1.00. The van der Waals surface area contributed by atoms with E-state index < -0.39 is 0 Å². The molecule has 0 aromatic heterocycles. The fraction of sp³-hybridized carbons (Fsp3) is 0.500. The third-order valence-corrected chi connectivity index (χ3v) is 2.69. The Hall–Kier alpha value is -1.71. The molecule has 0 saturated carbocycles. The van der Waals surface area contributed by atoms with Crippen LogP contribution in [0.15, 0.2) is 24.3 Å². The van der Waals surface area contributed by atoms with Crippen LogP contribution in [0.2, 0.25) is 0 Å². The van der Waals surface area contributed by atoms with Crippen molar-refractivity contribution in [3.05, 3.63) is 24.3 Å². The first-order valence-electron chi connectivity index (χ1n) is 6.21. The lowest BCUT2D eigenvalue weighted by molar-refractivity contribution is -0.132. The lowest BCUT2D eigenvalue weighted by Gasteiger charge is -2.18. The fourth-order valence-corrected chi connectivity index (χ4v) is 1.44. The number of nitrogens with zero attached hydrogens (tertiary/aromatic N) is 1. The maximum atomic E-state index is 11.8. The van der Waals surface area contributed by atoms with Crippen molar-refractivity contribution in [1.82, 2.24) is 4.90 Å². The van der Waals surface area contributed by atoms with Crippen LogP contribution in [-0.4, -0.2) is 31.0 Å². The van der Waals surface area contributed by atoms with Gasteiger partial charge in [-0.15, -0.1) is 0 Å². The van der Waals surface area contributed by atoms with E-state index in [0.717, 1.165) is 13.0 Å². The van der Waals surface area contributed by atoms with Gasteiger partial charge < -0.3 is 15.4 Å². The van der Waals surface area contributed by atoms with Crippen LogP contribution in [0.3, 0.4) is 0 Å². The summed E-state index contributed by atoms with van der Waals surface area (Å²) >= 11 is 0. The SMILES string of the molecule is CC(C)CCN(C)C(=O)COc1cccc(N)c1. The third kappa shape index (κ3) is 5.08. The highest BCUT2D eigenvalue weighted by molar-refractivity contribution is 5.77. The van der Waals surface area contributed by atoms with Crippen molar-refractivity contribution in [2.45, 2.75) is 20.3 Å². The summed E-state index contributed by atoms with van der Waals surface area (Å²) in [6.45, 7) is 5.10. The molecule has 0 spiro atoms. The molecule has 0 saturated heterocycles. The van der Waals surface area contributed by atoms with Gasteiger partial charge in [-0.2, -0.15) is 0 Å². The molecule has 0 aliphatic heterocycles. The standard InChI is InChI=1S/C14H22N2O2/c1-11(2)7-8-16(3)14(17)10-18-13-6-4-5-12(15)9-13/h4-6,9,11H,7-8,10,15H2,1-3H3. The van der Waals surface area contributed by atoms with E-state index in [0.29, 0.717) is 17.4 Å². The van der Waals surface area contributed by atoms with E-state index in [2.05, 4.69) is 13.8 Å². The quantitative estimate of drug-likeness (QED) is 0.787. The van der Waals surface area contributed by atoms with Crippen molar-refractivity contribution in [2.24, 2.45) is 5.92 Å². The maximum Gasteiger partial charge on any atom is 0.260 e. The minimum atomic E-state index is -0.0157. The Balaban J connectivity index is 2.36. The van der Waals surface area contributed by atoms with Crippen LogP contribution in [0.1, 0.15) is 20.3 Å². The van der Waals surface area contributed by atoms with Crippen LogP contribution in [-0.2, 0) is 4.79 Å². The predicted octanol–water partition coefficient (Wildman–Crippen LogP) is 2.15. The highest BCUT2D eigenvalue weighted by atomic mass is 16.5. The third-order valence-electron chi connectivity index (χ3n) is 2.69. The van der Waals surface area contributed by atoms with Gasteiger partial charge in [0, 0.05) is 25.3 Å². The van der Waals surface area contributed by atoms with Crippen molar-refractivity contribution < 1.29 is 9.53 Å². The highest BCUT2D eigenvalue weighted by Gasteiger charge is 2.10. The van der Waals surface area contributed by atoms with Gasteiger partial charge in [0.05, 0.1) is 0 Å². The first-order valence-corrected chi connectivity index (χ1v) is 6.21. The molecule has 2 N–H and O–H groups in total. The van der Waals surface area contributed by atoms with E-state index in [9.17, 15) is 4.79 Å². The summed E-state index contributed by atoms with van der Waals surface area (Å²) in [5, 5.41) is 0. The average molecular weight is 250 g/mol.